The fourth-order valence-electron chi connectivity index (χ4n) is 2.50. The second kappa shape index (κ2) is 6.45. The summed E-state index contributed by atoms with van der Waals surface area (Å²) in [7, 11) is 1.66. The van der Waals surface area contributed by atoms with E-state index in [9.17, 15) is 0 Å². The number of nitrogens with one attached hydrogen (secondary N) is 1. The molecule has 1 fully saturated rings. The largest absolute Gasteiger partial charge is 0.497 e. The van der Waals surface area contributed by atoms with Crippen LogP contribution in [0.2, 0.25) is 0 Å². The van der Waals surface area contributed by atoms with Gasteiger partial charge in [0.15, 0.2) is 5.82 Å². The molecule has 1 unspecified atom stereocenters. The number of hydrogen-bond acceptors (Lipinski definition) is 5. The molecule has 6 heteroatoms. The van der Waals surface area contributed by atoms with Crippen LogP contribution in [-0.2, 0) is 11.8 Å². The van der Waals surface area contributed by atoms with Crippen LogP contribution in [0.25, 0.3) is 0 Å². The van der Waals surface area contributed by atoms with Crippen LogP contribution in [-0.4, -0.2) is 30.3 Å². The average molecular weight is 310 g/mol. The summed E-state index contributed by atoms with van der Waals surface area (Å²) in [6, 6.07) is 7.93. The summed E-state index contributed by atoms with van der Waals surface area (Å²) in [4.78, 5) is 4.55. The minimum absolute atomic E-state index is 0. The van der Waals surface area contributed by atoms with Crippen LogP contribution in [0, 0.1) is 0 Å². The highest BCUT2D eigenvalue weighted by Crippen LogP contribution is 2.28. The van der Waals surface area contributed by atoms with E-state index in [1.54, 1.807) is 7.11 Å². The van der Waals surface area contributed by atoms with Crippen LogP contribution in [0.3, 0.4) is 0 Å². The van der Waals surface area contributed by atoms with E-state index < -0.39 is 0 Å². The van der Waals surface area contributed by atoms with Gasteiger partial charge in [0.2, 0.25) is 5.89 Å². The zero-order chi connectivity index (χ0) is 14.0. The van der Waals surface area contributed by atoms with Gasteiger partial charge in [0.1, 0.15) is 5.75 Å². The molecule has 1 aromatic carbocycles. The van der Waals surface area contributed by atoms with E-state index in [-0.39, 0.29) is 17.8 Å². The van der Waals surface area contributed by atoms with E-state index in [1.165, 1.54) is 0 Å². The predicted octanol–water partition coefficient (Wildman–Crippen LogP) is 2.34. The Morgan fingerprint density at radius 1 is 1.33 bits per heavy atom. The Bertz CT molecular complexity index is 577. The molecule has 0 saturated carbocycles. The number of hydrogen-bond donors (Lipinski definition) is 1. The summed E-state index contributed by atoms with van der Waals surface area (Å²) in [6.45, 7) is 4.07. The van der Waals surface area contributed by atoms with Crippen LogP contribution in [0.5, 0.6) is 5.75 Å². The molecule has 2 heterocycles. The molecule has 21 heavy (non-hydrogen) atoms. The number of methoxy groups -OCH3 is 1. The van der Waals surface area contributed by atoms with Crippen molar-refractivity contribution in [1.82, 2.24) is 15.5 Å². The third-order valence-corrected chi connectivity index (χ3v) is 3.87. The second-order valence-electron chi connectivity index (χ2n) is 5.53. The molecule has 1 aliphatic rings. The van der Waals surface area contributed by atoms with Crippen molar-refractivity contribution in [1.29, 1.82) is 0 Å². The van der Waals surface area contributed by atoms with E-state index in [1.807, 2.05) is 24.3 Å². The Labute approximate surface area is 130 Å². The lowest BCUT2D eigenvalue weighted by Crippen LogP contribution is -2.25. The van der Waals surface area contributed by atoms with E-state index in [4.69, 9.17) is 9.26 Å². The number of aromatic nitrogens is 2. The van der Waals surface area contributed by atoms with E-state index >= 15 is 0 Å². The molecule has 3 rings (SSSR count). The van der Waals surface area contributed by atoms with Crippen molar-refractivity contribution in [2.24, 2.45) is 0 Å². The maximum absolute atomic E-state index is 5.44. The fraction of sp³-hybridized carbons (Fsp3) is 0.467. The Kier molecular flexibility index (Phi) is 4.85. The lowest BCUT2D eigenvalue weighted by molar-refractivity contribution is 0.304. The number of benzene rings is 1. The predicted molar refractivity (Wildman–Crippen MR) is 82.2 cm³/mol. The first-order valence-corrected chi connectivity index (χ1v) is 6.86. The third kappa shape index (κ3) is 3.36. The maximum Gasteiger partial charge on any atom is 0.233 e. The molecule has 1 atom stereocenters. The topological polar surface area (TPSA) is 60.2 Å². The molecule has 1 aromatic heterocycles. The molecular weight excluding hydrogens is 290 g/mol. The van der Waals surface area contributed by atoms with E-state index in [2.05, 4.69) is 22.4 Å². The summed E-state index contributed by atoms with van der Waals surface area (Å²) < 4.78 is 10.6. The molecule has 114 valence electrons. The molecule has 1 saturated heterocycles. The monoisotopic (exact) mass is 309 g/mol. The van der Waals surface area contributed by atoms with Gasteiger partial charge < -0.3 is 14.6 Å². The van der Waals surface area contributed by atoms with Crippen molar-refractivity contribution in [2.45, 2.75) is 25.2 Å². The molecule has 5 nitrogen and oxygen atoms in total. The van der Waals surface area contributed by atoms with Gasteiger partial charge in [-0.15, -0.1) is 12.4 Å². The smallest absolute Gasteiger partial charge is 0.233 e. The zero-order valence-corrected chi connectivity index (χ0v) is 13.1. The zero-order valence-electron chi connectivity index (χ0n) is 12.3. The first kappa shape index (κ1) is 15.8. The summed E-state index contributed by atoms with van der Waals surface area (Å²) in [5.74, 6) is 2.33. The first-order chi connectivity index (χ1) is 9.69. The third-order valence-electron chi connectivity index (χ3n) is 3.87. The van der Waals surface area contributed by atoms with Crippen LogP contribution in [0.4, 0.5) is 0 Å². The summed E-state index contributed by atoms with van der Waals surface area (Å²) in [5.41, 5.74) is 1.12. The first-order valence-electron chi connectivity index (χ1n) is 6.86. The summed E-state index contributed by atoms with van der Waals surface area (Å²) >= 11 is 0. The fourth-order valence-corrected chi connectivity index (χ4v) is 2.50. The SMILES string of the molecule is COc1ccc(Cc2noc(C3(C)CCNC3)n2)cc1.Cl. The normalized spacial score (nSPS) is 21.0. The molecule has 2 aromatic rings. The van der Waals surface area contributed by atoms with Gasteiger partial charge in [0.05, 0.1) is 12.5 Å². The van der Waals surface area contributed by atoms with Gasteiger partial charge in [0, 0.05) is 13.0 Å². The van der Waals surface area contributed by atoms with Gasteiger partial charge in [-0.3, -0.25) is 0 Å². The van der Waals surface area contributed by atoms with Crippen LogP contribution in [0.1, 0.15) is 30.6 Å². The van der Waals surface area contributed by atoms with Gasteiger partial charge in [-0.05, 0) is 37.6 Å². The highest BCUT2D eigenvalue weighted by atomic mass is 35.5. The standard InChI is InChI=1S/C15H19N3O2.ClH/c1-15(7-8-16-10-15)14-17-13(18-20-14)9-11-3-5-12(19-2)6-4-11;/h3-6,16H,7-10H2,1-2H3;1H. The minimum atomic E-state index is -0.0227. The Balaban J connectivity index is 0.00000161. The van der Waals surface area contributed by atoms with Gasteiger partial charge in [-0.1, -0.05) is 17.3 Å². The maximum atomic E-state index is 5.44. The molecule has 0 amide bonds. The van der Waals surface area contributed by atoms with Crippen molar-refractivity contribution >= 4 is 12.4 Å². The molecule has 1 N–H and O–H groups in total. The van der Waals surface area contributed by atoms with E-state index in [0.29, 0.717) is 6.42 Å². The molecule has 0 spiro atoms. The van der Waals surface area contributed by atoms with Crippen molar-refractivity contribution in [2.75, 3.05) is 20.2 Å². The summed E-state index contributed by atoms with van der Waals surface area (Å²) in [6.07, 6.45) is 1.72. The highest BCUT2D eigenvalue weighted by Gasteiger charge is 2.36. The summed E-state index contributed by atoms with van der Waals surface area (Å²) in [5, 5.41) is 7.44. The molecule has 1 aliphatic heterocycles. The van der Waals surface area contributed by atoms with Crippen molar-refractivity contribution in [3.63, 3.8) is 0 Å². The molecule has 0 radical (unpaired) electrons. The lowest BCUT2D eigenvalue weighted by Gasteiger charge is -2.15. The average Bonchev–Trinajstić information content (AvgIpc) is 3.10. The number of nitrogens with zero attached hydrogens (tertiary/aromatic N) is 2. The molecular formula is C15H20ClN3O2. The lowest BCUT2D eigenvalue weighted by atomic mass is 9.90. The van der Waals surface area contributed by atoms with Gasteiger partial charge in [-0.25, -0.2) is 0 Å². The van der Waals surface area contributed by atoms with Crippen molar-refractivity contribution in [3.05, 3.63) is 41.5 Å². The number of ether oxygens (including phenoxy) is 1. The Morgan fingerprint density at radius 3 is 2.71 bits per heavy atom. The van der Waals surface area contributed by atoms with Crippen LogP contribution < -0.4 is 10.1 Å². The van der Waals surface area contributed by atoms with Crippen LogP contribution >= 0.6 is 12.4 Å². The van der Waals surface area contributed by atoms with Gasteiger partial charge >= 0.3 is 0 Å². The van der Waals surface area contributed by atoms with Crippen LogP contribution in [0.15, 0.2) is 28.8 Å². The quantitative estimate of drug-likeness (QED) is 0.939. The Hall–Kier alpha value is -1.59. The Morgan fingerprint density at radius 2 is 2.10 bits per heavy atom. The molecule has 0 bridgehead atoms. The highest BCUT2D eigenvalue weighted by molar-refractivity contribution is 5.85. The van der Waals surface area contributed by atoms with E-state index in [0.717, 1.165) is 42.5 Å². The van der Waals surface area contributed by atoms with Crippen molar-refractivity contribution in [3.8, 4) is 5.75 Å². The second-order valence-corrected chi connectivity index (χ2v) is 5.53. The number of rotatable bonds is 4. The van der Waals surface area contributed by atoms with Crippen molar-refractivity contribution < 1.29 is 9.26 Å². The molecule has 0 aliphatic carbocycles. The van der Waals surface area contributed by atoms with Gasteiger partial charge in [0.25, 0.3) is 0 Å². The number of halogens is 1. The van der Waals surface area contributed by atoms with Gasteiger partial charge in [-0.2, -0.15) is 4.98 Å². The minimum Gasteiger partial charge on any atom is -0.497 e.